The van der Waals surface area contributed by atoms with Gasteiger partial charge in [-0.15, -0.1) is 0 Å². The molecule has 1 aromatic heterocycles. The number of rotatable bonds is 6. The Bertz CT molecular complexity index is 798. The van der Waals surface area contributed by atoms with Gasteiger partial charge >= 0.3 is 0 Å². The van der Waals surface area contributed by atoms with Crippen LogP contribution in [0.5, 0.6) is 11.5 Å². The minimum absolute atomic E-state index is 0.0144. The van der Waals surface area contributed by atoms with E-state index in [0.717, 1.165) is 47.0 Å². The number of fused-ring (bicyclic) bond motifs is 1. The van der Waals surface area contributed by atoms with Crippen LogP contribution in [-0.4, -0.2) is 29.4 Å². The number of carbonyl (C=O) groups is 1. The summed E-state index contributed by atoms with van der Waals surface area (Å²) in [6.07, 6.45) is 1.70. The lowest BCUT2D eigenvalue weighted by molar-refractivity contribution is -0.126. The molecule has 0 saturated heterocycles. The number of ether oxygens (including phenoxy) is 2. The summed E-state index contributed by atoms with van der Waals surface area (Å²) in [6.45, 7) is 7.95. The van der Waals surface area contributed by atoms with Gasteiger partial charge in [0.25, 0.3) is 0 Å². The molecule has 0 spiro atoms. The number of amides is 1. The number of nitrogens with one attached hydrogen (secondary N) is 1. The van der Waals surface area contributed by atoms with E-state index in [1.807, 2.05) is 29.8 Å². The van der Waals surface area contributed by atoms with Crippen LogP contribution >= 0.6 is 0 Å². The molecule has 1 aromatic carbocycles. The van der Waals surface area contributed by atoms with Crippen LogP contribution < -0.4 is 14.8 Å². The number of carbonyl (C=O) groups excluding carboxylic acids is 1. The van der Waals surface area contributed by atoms with E-state index in [2.05, 4.69) is 24.3 Å². The molecule has 6 heteroatoms. The maximum atomic E-state index is 12.6. The highest BCUT2D eigenvalue weighted by Gasteiger charge is 2.28. The molecule has 1 aliphatic heterocycles. The zero-order chi connectivity index (χ0) is 18.7. The molecule has 1 atom stereocenters. The van der Waals surface area contributed by atoms with E-state index in [0.29, 0.717) is 19.6 Å². The van der Waals surface area contributed by atoms with Gasteiger partial charge < -0.3 is 14.8 Å². The van der Waals surface area contributed by atoms with Crippen LogP contribution in [-0.2, 0) is 24.3 Å². The van der Waals surface area contributed by atoms with Crippen molar-refractivity contribution in [1.82, 2.24) is 15.1 Å². The minimum atomic E-state index is -0.194. The van der Waals surface area contributed by atoms with Crippen molar-refractivity contribution >= 4 is 5.91 Å². The first-order chi connectivity index (χ1) is 12.5. The summed E-state index contributed by atoms with van der Waals surface area (Å²) in [4.78, 5) is 12.6. The zero-order valence-corrected chi connectivity index (χ0v) is 16.0. The fourth-order valence-corrected chi connectivity index (χ4v) is 3.46. The van der Waals surface area contributed by atoms with Crippen molar-refractivity contribution in [2.75, 3.05) is 13.7 Å². The average molecular weight is 357 g/mol. The molecular weight excluding hydrogens is 330 g/mol. The van der Waals surface area contributed by atoms with E-state index < -0.39 is 0 Å². The lowest BCUT2D eigenvalue weighted by Crippen LogP contribution is -2.37. The molecule has 1 N–H and O–H groups in total. The van der Waals surface area contributed by atoms with Crippen molar-refractivity contribution in [2.24, 2.45) is 5.92 Å². The fraction of sp³-hybridized carbons (Fsp3) is 0.500. The maximum Gasteiger partial charge on any atom is 0.227 e. The van der Waals surface area contributed by atoms with E-state index >= 15 is 0 Å². The summed E-state index contributed by atoms with van der Waals surface area (Å²) in [5.74, 6) is 1.30. The Balaban J connectivity index is 1.65. The largest absolute Gasteiger partial charge is 0.493 e. The number of nitrogens with zero attached hydrogens (tertiary/aromatic N) is 2. The normalized spacial score (nSPS) is 15.9. The molecule has 1 aliphatic rings. The highest BCUT2D eigenvalue weighted by Crippen LogP contribution is 2.36. The molecule has 0 unspecified atom stereocenters. The molecule has 6 nitrogen and oxygen atoms in total. The highest BCUT2D eigenvalue weighted by atomic mass is 16.5. The van der Waals surface area contributed by atoms with Crippen LogP contribution in [0.3, 0.4) is 0 Å². The van der Waals surface area contributed by atoms with Crippen molar-refractivity contribution in [1.29, 1.82) is 0 Å². The molecule has 140 valence electrons. The lowest BCUT2D eigenvalue weighted by atomic mass is 9.95. The van der Waals surface area contributed by atoms with Crippen LogP contribution in [0.4, 0.5) is 0 Å². The van der Waals surface area contributed by atoms with Gasteiger partial charge in [0.15, 0.2) is 11.5 Å². The predicted molar refractivity (Wildman–Crippen MR) is 99.5 cm³/mol. The van der Waals surface area contributed by atoms with Gasteiger partial charge in [-0.2, -0.15) is 5.10 Å². The van der Waals surface area contributed by atoms with Gasteiger partial charge in [0.1, 0.15) is 6.61 Å². The summed E-state index contributed by atoms with van der Waals surface area (Å²) < 4.78 is 13.2. The predicted octanol–water partition coefficient (Wildman–Crippen LogP) is 2.79. The van der Waals surface area contributed by atoms with Gasteiger partial charge in [-0.05, 0) is 38.3 Å². The number of hydrogen-bond acceptors (Lipinski definition) is 4. The van der Waals surface area contributed by atoms with Crippen LogP contribution in [0.15, 0.2) is 18.2 Å². The molecular formula is C20H27N3O3. The van der Waals surface area contributed by atoms with Crippen LogP contribution in [0.1, 0.15) is 35.9 Å². The fourth-order valence-electron chi connectivity index (χ4n) is 3.46. The molecule has 3 rings (SSSR count). The summed E-state index contributed by atoms with van der Waals surface area (Å²) >= 11 is 0. The Kier molecular flexibility index (Phi) is 5.49. The van der Waals surface area contributed by atoms with Gasteiger partial charge in [-0.3, -0.25) is 9.48 Å². The van der Waals surface area contributed by atoms with Crippen LogP contribution in [0.2, 0.25) is 0 Å². The van der Waals surface area contributed by atoms with Crippen molar-refractivity contribution in [3.05, 3.63) is 40.7 Å². The molecule has 0 fully saturated rings. The Hall–Kier alpha value is -2.50. The summed E-state index contributed by atoms with van der Waals surface area (Å²) in [5.41, 5.74) is 4.22. The number of hydrogen-bond donors (Lipinski definition) is 1. The van der Waals surface area contributed by atoms with E-state index in [-0.39, 0.29) is 11.8 Å². The molecule has 0 bridgehead atoms. The first kappa shape index (κ1) is 18.3. The van der Waals surface area contributed by atoms with Gasteiger partial charge in [-0.1, -0.05) is 19.1 Å². The van der Waals surface area contributed by atoms with Gasteiger partial charge in [0.2, 0.25) is 5.91 Å². The second kappa shape index (κ2) is 7.81. The van der Waals surface area contributed by atoms with Gasteiger partial charge in [0.05, 0.1) is 18.7 Å². The SMILES string of the molecule is CCCn1nc(C)c(CNC(=O)[C@@H]2COc3c(cccc3OC)C2)c1C. The molecule has 26 heavy (non-hydrogen) atoms. The number of methoxy groups -OCH3 is 1. The summed E-state index contributed by atoms with van der Waals surface area (Å²) in [6, 6.07) is 5.79. The Morgan fingerprint density at radius 1 is 1.42 bits per heavy atom. The van der Waals surface area contributed by atoms with Crippen molar-refractivity contribution in [3.8, 4) is 11.5 Å². The second-order valence-electron chi connectivity index (χ2n) is 6.75. The molecule has 0 saturated carbocycles. The van der Waals surface area contributed by atoms with E-state index in [1.54, 1.807) is 7.11 Å². The Labute approximate surface area is 154 Å². The molecule has 2 heterocycles. The van der Waals surface area contributed by atoms with Crippen LogP contribution in [0, 0.1) is 19.8 Å². The van der Waals surface area contributed by atoms with E-state index in [4.69, 9.17) is 9.47 Å². The highest BCUT2D eigenvalue weighted by molar-refractivity contribution is 5.79. The third-order valence-corrected chi connectivity index (χ3v) is 4.95. The van der Waals surface area contributed by atoms with Gasteiger partial charge in [0, 0.05) is 24.3 Å². The molecule has 1 amide bonds. The topological polar surface area (TPSA) is 65.4 Å². The smallest absolute Gasteiger partial charge is 0.227 e. The summed E-state index contributed by atoms with van der Waals surface area (Å²) in [7, 11) is 1.63. The monoisotopic (exact) mass is 357 g/mol. The van der Waals surface area contributed by atoms with Crippen LogP contribution in [0.25, 0.3) is 0 Å². The number of para-hydroxylation sites is 1. The number of benzene rings is 1. The number of aromatic nitrogens is 2. The average Bonchev–Trinajstić information content (AvgIpc) is 2.92. The van der Waals surface area contributed by atoms with Gasteiger partial charge in [-0.25, -0.2) is 0 Å². The Morgan fingerprint density at radius 2 is 2.23 bits per heavy atom. The van der Waals surface area contributed by atoms with Crippen molar-refractivity contribution < 1.29 is 14.3 Å². The second-order valence-corrected chi connectivity index (χ2v) is 6.75. The first-order valence-electron chi connectivity index (χ1n) is 9.14. The third kappa shape index (κ3) is 3.54. The number of aryl methyl sites for hydroxylation is 2. The quantitative estimate of drug-likeness (QED) is 0.863. The maximum absolute atomic E-state index is 12.6. The standard InChI is InChI=1S/C20H27N3O3/c1-5-9-23-14(3)17(13(2)22-23)11-21-20(24)16-10-15-7-6-8-18(25-4)19(15)26-12-16/h6-8,16H,5,9-12H2,1-4H3,(H,21,24)/t16-/m0/s1. The van der Waals surface area contributed by atoms with Crippen molar-refractivity contribution in [3.63, 3.8) is 0 Å². The van der Waals surface area contributed by atoms with E-state index in [1.165, 1.54) is 0 Å². The van der Waals surface area contributed by atoms with E-state index in [9.17, 15) is 4.79 Å². The molecule has 0 radical (unpaired) electrons. The molecule has 2 aromatic rings. The van der Waals surface area contributed by atoms with Crippen molar-refractivity contribution in [2.45, 2.75) is 46.7 Å². The minimum Gasteiger partial charge on any atom is -0.493 e. The summed E-state index contributed by atoms with van der Waals surface area (Å²) in [5, 5.41) is 7.63. The molecule has 0 aliphatic carbocycles. The lowest BCUT2D eigenvalue weighted by Gasteiger charge is -2.25. The first-order valence-corrected chi connectivity index (χ1v) is 9.14. The third-order valence-electron chi connectivity index (χ3n) is 4.95. The Morgan fingerprint density at radius 3 is 2.96 bits per heavy atom. The zero-order valence-electron chi connectivity index (χ0n) is 16.0.